The lowest BCUT2D eigenvalue weighted by molar-refractivity contribution is 0.566. The van der Waals surface area contributed by atoms with Gasteiger partial charge in [0.2, 0.25) is 0 Å². The summed E-state index contributed by atoms with van der Waals surface area (Å²) in [5, 5.41) is 1.07. The molecule has 0 spiro atoms. The molecule has 0 aromatic carbocycles. The first-order valence-electron chi connectivity index (χ1n) is 4.99. The number of nitrogens with zero attached hydrogens (tertiary/aromatic N) is 2. The van der Waals surface area contributed by atoms with Crippen LogP contribution < -0.4 is 10.6 Å². The van der Waals surface area contributed by atoms with Gasteiger partial charge in [0.05, 0.1) is 0 Å². The molecule has 0 aliphatic carbocycles. The highest BCUT2D eigenvalue weighted by Gasteiger charge is 2.18. The molecule has 0 saturated carbocycles. The maximum atomic E-state index is 6.01. The van der Waals surface area contributed by atoms with E-state index >= 15 is 0 Å². The van der Waals surface area contributed by atoms with Crippen molar-refractivity contribution < 1.29 is 0 Å². The van der Waals surface area contributed by atoms with Crippen molar-refractivity contribution >= 4 is 16.5 Å². The SMILES string of the molecule is CCN(CC)c1ncc(C(C)(C)N)s1. The second-order valence-electron chi connectivity index (χ2n) is 3.90. The van der Waals surface area contributed by atoms with Crippen LogP contribution in [0.1, 0.15) is 32.6 Å². The normalized spacial score (nSPS) is 11.8. The molecule has 0 amide bonds. The van der Waals surface area contributed by atoms with Gasteiger partial charge in [-0.2, -0.15) is 0 Å². The number of hydrogen-bond donors (Lipinski definition) is 1. The van der Waals surface area contributed by atoms with Crippen molar-refractivity contribution in [3.05, 3.63) is 11.1 Å². The van der Waals surface area contributed by atoms with Gasteiger partial charge < -0.3 is 10.6 Å². The predicted octanol–water partition coefficient (Wildman–Crippen LogP) is 2.18. The van der Waals surface area contributed by atoms with Crippen molar-refractivity contribution in [1.29, 1.82) is 0 Å². The molecule has 14 heavy (non-hydrogen) atoms. The molecule has 0 saturated heterocycles. The van der Waals surface area contributed by atoms with Crippen LogP contribution in [0.25, 0.3) is 0 Å². The molecule has 0 radical (unpaired) electrons. The first-order valence-corrected chi connectivity index (χ1v) is 5.80. The van der Waals surface area contributed by atoms with Crippen molar-refractivity contribution in [2.24, 2.45) is 5.73 Å². The van der Waals surface area contributed by atoms with Crippen LogP contribution in [0.15, 0.2) is 6.20 Å². The molecule has 1 rings (SSSR count). The largest absolute Gasteiger partial charge is 0.349 e. The molecular weight excluding hydrogens is 194 g/mol. The Morgan fingerprint density at radius 1 is 1.43 bits per heavy atom. The van der Waals surface area contributed by atoms with E-state index in [0.29, 0.717) is 0 Å². The first-order chi connectivity index (χ1) is 6.49. The summed E-state index contributed by atoms with van der Waals surface area (Å²) in [6.07, 6.45) is 1.89. The van der Waals surface area contributed by atoms with Crippen LogP contribution >= 0.6 is 11.3 Å². The maximum Gasteiger partial charge on any atom is 0.185 e. The van der Waals surface area contributed by atoms with E-state index in [9.17, 15) is 0 Å². The monoisotopic (exact) mass is 213 g/mol. The van der Waals surface area contributed by atoms with Crippen LogP contribution in [0.2, 0.25) is 0 Å². The van der Waals surface area contributed by atoms with Crippen molar-refractivity contribution in [1.82, 2.24) is 4.98 Å². The van der Waals surface area contributed by atoms with Crippen LogP contribution in [-0.2, 0) is 5.54 Å². The van der Waals surface area contributed by atoms with Crippen molar-refractivity contribution in [3.8, 4) is 0 Å². The molecule has 1 aromatic rings. The van der Waals surface area contributed by atoms with E-state index in [1.165, 1.54) is 0 Å². The van der Waals surface area contributed by atoms with Gasteiger partial charge >= 0.3 is 0 Å². The summed E-state index contributed by atoms with van der Waals surface area (Å²) in [4.78, 5) is 7.76. The van der Waals surface area contributed by atoms with Crippen LogP contribution in [0.5, 0.6) is 0 Å². The van der Waals surface area contributed by atoms with E-state index in [0.717, 1.165) is 23.1 Å². The highest BCUT2D eigenvalue weighted by Crippen LogP contribution is 2.28. The fourth-order valence-corrected chi connectivity index (χ4v) is 2.26. The van der Waals surface area contributed by atoms with E-state index < -0.39 is 0 Å². The second-order valence-corrected chi connectivity index (χ2v) is 4.91. The molecule has 0 unspecified atom stereocenters. The Labute approximate surface area is 89.9 Å². The Balaban J connectivity index is 2.87. The third-order valence-electron chi connectivity index (χ3n) is 2.16. The molecule has 0 bridgehead atoms. The summed E-state index contributed by atoms with van der Waals surface area (Å²) < 4.78 is 0. The standard InChI is InChI=1S/C10H19N3S/c1-5-13(6-2)9-12-7-8(14-9)10(3,4)11/h7H,5-6,11H2,1-4H3. The fourth-order valence-electron chi connectivity index (χ4n) is 1.20. The Morgan fingerprint density at radius 3 is 2.36 bits per heavy atom. The van der Waals surface area contributed by atoms with Crippen LogP contribution in [-0.4, -0.2) is 18.1 Å². The average molecular weight is 213 g/mol. The third kappa shape index (κ3) is 2.45. The minimum atomic E-state index is -0.275. The number of rotatable bonds is 4. The van der Waals surface area contributed by atoms with Crippen molar-refractivity contribution in [2.75, 3.05) is 18.0 Å². The number of nitrogens with two attached hydrogens (primary N) is 1. The summed E-state index contributed by atoms with van der Waals surface area (Å²) in [5.74, 6) is 0. The Kier molecular flexibility index (Phi) is 3.50. The van der Waals surface area contributed by atoms with E-state index in [4.69, 9.17) is 5.73 Å². The Bertz CT molecular complexity index is 284. The molecule has 0 fully saturated rings. The van der Waals surface area contributed by atoms with Gasteiger partial charge in [0.25, 0.3) is 0 Å². The number of aromatic nitrogens is 1. The topological polar surface area (TPSA) is 42.2 Å². The van der Waals surface area contributed by atoms with Gasteiger partial charge in [0.1, 0.15) is 0 Å². The highest BCUT2D eigenvalue weighted by molar-refractivity contribution is 7.15. The molecule has 3 nitrogen and oxygen atoms in total. The third-order valence-corrected chi connectivity index (χ3v) is 3.56. The Hall–Kier alpha value is -0.610. The maximum absolute atomic E-state index is 6.01. The highest BCUT2D eigenvalue weighted by atomic mass is 32.1. The minimum Gasteiger partial charge on any atom is -0.349 e. The van der Waals surface area contributed by atoms with Crippen molar-refractivity contribution in [2.45, 2.75) is 33.2 Å². The van der Waals surface area contributed by atoms with Gasteiger partial charge in [-0.15, -0.1) is 11.3 Å². The molecule has 0 atom stereocenters. The zero-order chi connectivity index (χ0) is 10.8. The molecular formula is C10H19N3S. The van der Waals surface area contributed by atoms with Gasteiger partial charge in [-0.05, 0) is 27.7 Å². The minimum absolute atomic E-state index is 0.275. The second kappa shape index (κ2) is 4.28. The molecule has 4 heteroatoms. The van der Waals surface area contributed by atoms with Crippen LogP contribution in [0, 0.1) is 0 Å². The number of anilines is 1. The van der Waals surface area contributed by atoms with E-state index in [2.05, 4.69) is 23.7 Å². The number of hydrogen-bond acceptors (Lipinski definition) is 4. The van der Waals surface area contributed by atoms with E-state index in [-0.39, 0.29) is 5.54 Å². The average Bonchev–Trinajstić information content (AvgIpc) is 2.54. The van der Waals surface area contributed by atoms with Gasteiger partial charge in [0.15, 0.2) is 5.13 Å². The summed E-state index contributed by atoms with van der Waals surface area (Å²) in [7, 11) is 0. The molecule has 80 valence electrons. The first kappa shape index (κ1) is 11.5. The summed E-state index contributed by atoms with van der Waals surface area (Å²) in [5.41, 5.74) is 5.73. The summed E-state index contributed by atoms with van der Waals surface area (Å²) in [6.45, 7) is 10.3. The zero-order valence-electron chi connectivity index (χ0n) is 9.37. The Morgan fingerprint density at radius 2 is 2.00 bits per heavy atom. The molecule has 0 aliphatic heterocycles. The molecule has 1 aromatic heterocycles. The van der Waals surface area contributed by atoms with E-state index in [1.54, 1.807) is 11.3 Å². The van der Waals surface area contributed by atoms with Gasteiger partial charge in [0, 0.05) is 29.7 Å². The summed E-state index contributed by atoms with van der Waals surface area (Å²) in [6, 6.07) is 0. The molecule has 2 N–H and O–H groups in total. The summed E-state index contributed by atoms with van der Waals surface area (Å²) >= 11 is 1.69. The fraction of sp³-hybridized carbons (Fsp3) is 0.700. The lowest BCUT2D eigenvalue weighted by Gasteiger charge is -2.18. The smallest absolute Gasteiger partial charge is 0.185 e. The van der Waals surface area contributed by atoms with Gasteiger partial charge in [-0.25, -0.2) is 4.98 Å². The van der Waals surface area contributed by atoms with E-state index in [1.807, 2.05) is 20.0 Å². The van der Waals surface area contributed by atoms with Crippen LogP contribution in [0.4, 0.5) is 5.13 Å². The molecule has 0 aliphatic rings. The van der Waals surface area contributed by atoms with Crippen LogP contribution in [0.3, 0.4) is 0 Å². The lowest BCUT2D eigenvalue weighted by atomic mass is 10.1. The zero-order valence-corrected chi connectivity index (χ0v) is 10.2. The predicted molar refractivity (Wildman–Crippen MR) is 62.9 cm³/mol. The van der Waals surface area contributed by atoms with Crippen molar-refractivity contribution in [3.63, 3.8) is 0 Å². The van der Waals surface area contributed by atoms with Gasteiger partial charge in [-0.3, -0.25) is 0 Å². The quantitative estimate of drug-likeness (QED) is 0.833. The number of thiazole rings is 1. The van der Waals surface area contributed by atoms with Gasteiger partial charge in [-0.1, -0.05) is 0 Å². The lowest BCUT2D eigenvalue weighted by Crippen LogP contribution is -2.27. The molecule has 1 heterocycles.